The number of pyridine rings is 1. The van der Waals surface area contributed by atoms with Crippen LogP contribution in [0.3, 0.4) is 0 Å². The third kappa shape index (κ3) is 4.01. The summed E-state index contributed by atoms with van der Waals surface area (Å²) in [5.74, 6) is 0. The molecule has 0 spiro atoms. The molecule has 1 aromatic heterocycles. The molecule has 2 N–H and O–H groups in total. The zero-order chi connectivity index (χ0) is 14.4. The second kappa shape index (κ2) is 7.72. The summed E-state index contributed by atoms with van der Waals surface area (Å²) in [5, 5.41) is 0. The number of hydrogen-bond donors (Lipinski definition) is 1. The first-order chi connectivity index (χ1) is 9.72. The van der Waals surface area contributed by atoms with Crippen LogP contribution in [0.15, 0.2) is 24.5 Å². The van der Waals surface area contributed by atoms with Gasteiger partial charge in [0.25, 0.3) is 0 Å². The number of aromatic nitrogens is 1. The number of piperidine rings is 1. The van der Waals surface area contributed by atoms with Gasteiger partial charge in [-0.25, -0.2) is 0 Å². The van der Waals surface area contributed by atoms with E-state index < -0.39 is 0 Å². The predicted molar refractivity (Wildman–Crippen MR) is 81.5 cm³/mol. The van der Waals surface area contributed by atoms with Gasteiger partial charge in [-0.3, -0.25) is 9.88 Å². The maximum atomic E-state index is 6.23. The average molecular weight is 277 g/mol. The Bertz CT molecular complexity index is 383. The van der Waals surface area contributed by atoms with Crippen LogP contribution in [0.1, 0.15) is 44.7 Å². The fourth-order valence-corrected chi connectivity index (χ4v) is 3.04. The highest BCUT2D eigenvalue weighted by Gasteiger charge is 2.29. The molecule has 2 rings (SSSR count). The van der Waals surface area contributed by atoms with E-state index in [1.165, 1.54) is 12.0 Å². The van der Waals surface area contributed by atoms with E-state index in [2.05, 4.69) is 29.8 Å². The van der Waals surface area contributed by atoms with Crippen LogP contribution in [0.5, 0.6) is 0 Å². The fourth-order valence-electron chi connectivity index (χ4n) is 3.04. The first kappa shape index (κ1) is 15.4. The monoisotopic (exact) mass is 277 g/mol. The third-order valence-corrected chi connectivity index (χ3v) is 3.88. The molecule has 0 aliphatic carbocycles. The van der Waals surface area contributed by atoms with Gasteiger partial charge in [0, 0.05) is 31.6 Å². The van der Waals surface area contributed by atoms with E-state index in [0.29, 0.717) is 6.10 Å². The van der Waals surface area contributed by atoms with Gasteiger partial charge in [0.05, 0.1) is 12.1 Å². The lowest BCUT2D eigenvalue weighted by Gasteiger charge is -2.40. The van der Waals surface area contributed by atoms with E-state index in [0.717, 1.165) is 32.5 Å². The molecule has 0 aromatic carbocycles. The summed E-state index contributed by atoms with van der Waals surface area (Å²) in [6, 6.07) is 4.43. The molecule has 4 nitrogen and oxygen atoms in total. The lowest BCUT2D eigenvalue weighted by atomic mass is 9.97. The van der Waals surface area contributed by atoms with Crippen LogP contribution in [-0.2, 0) is 4.74 Å². The fraction of sp³-hybridized carbons (Fsp3) is 0.688. The van der Waals surface area contributed by atoms with Gasteiger partial charge in [0.15, 0.2) is 0 Å². The number of nitrogens with zero attached hydrogens (tertiary/aromatic N) is 2. The van der Waals surface area contributed by atoms with Crippen LogP contribution >= 0.6 is 0 Å². The first-order valence-corrected chi connectivity index (χ1v) is 7.73. The number of ether oxygens (including phenoxy) is 1. The van der Waals surface area contributed by atoms with Crippen molar-refractivity contribution in [1.29, 1.82) is 0 Å². The van der Waals surface area contributed by atoms with E-state index in [9.17, 15) is 0 Å². The molecule has 1 fully saturated rings. The van der Waals surface area contributed by atoms with E-state index in [4.69, 9.17) is 10.5 Å². The smallest absolute Gasteiger partial charge is 0.0702 e. The van der Waals surface area contributed by atoms with Crippen molar-refractivity contribution in [3.05, 3.63) is 30.1 Å². The molecular formula is C16H27N3O. The van der Waals surface area contributed by atoms with Crippen LogP contribution < -0.4 is 5.73 Å². The summed E-state index contributed by atoms with van der Waals surface area (Å²) in [6.07, 6.45) is 7.51. The van der Waals surface area contributed by atoms with Crippen LogP contribution in [0.4, 0.5) is 0 Å². The normalized spacial score (nSPS) is 23.4. The molecular weight excluding hydrogens is 250 g/mol. The number of likely N-dealkylation sites (tertiary alicyclic amines) is 1. The maximum absolute atomic E-state index is 6.23. The Morgan fingerprint density at radius 3 is 3.05 bits per heavy atom. The van der Waals surface area contributed by atoms with Gasteiger partial charge in [-0.05, 0) is 44.4 Å². The topological polar surface area (TPSA) is 51.4 Å². The van der Waals surface area contributed by atoms with Gasteiger partial charge in [-0.2, -0.15) is 0 Å². The lowest BCUT2D eigenvalue weighted by molar-refractivity contribution is -0.0156. The minimum absolute atomic E-state index is 0.0872. The Balaban J connectivity index is 2.05. The quantitative estimate of drug-likeness (QED) is 0.867. The van der Waals surface area contributed by atoms with Crippen molar-refractivity contribution in [3.8, 4) is 0 Å². The van der Waals surface area contributed by atoms with E-state index >= 15 is 0 Å². The predicted octanol–water partition coefficient (Wildman–Crippen LogP) is 2.36. The summed E-state index contributed by atoms with van der Waals surface area (Å²) >= 11 is 0. The van der Waals surface area contributed by atoms with Crippen LogP contribution in [0, 0.1) is 0 Å². The highest BCUT2D eigenvalue weighted by Crippen LogP contribution is 2.27. The zero-order valence-electron chi connectivity index (χ0n) is 12.7. The molecule has 20 heavy (non-hydrogen) atoms. The molecule has 3 unspecified atom stereocenters. The van der Waals surface area contributed by atoms with Gasteiger partial charge in [0.2, 0.25) is 0 Å². The van der Waals surface area contributed by atoms with Gasteiger partial charge >= 0.3 is 0 Å². The summed E-state index contributed by atoms with van der Waals surface area (Å²) in [4.78, 5) is 6.70. The van der Waals surface area contributed by atoms with Crippen LogP contribution in [0.25, 0.3) is 0 Å². The Labute approximate surface area is 122 Å². The number of nitrogens with two attached hydrogens (primary N) is 1. The Kier molecular flexibility index (Phi) is 5.95. The molecule has 1 saturated heterocycles. The number of hydrogen-bond acceptors (Lipinski definition) is 4. The molecule has 3 atom stereocenters. The molecule has 1 aliphatic heterocycles. The first-order valence-electron chi connectivity index (χ1n) is 7.73. The molecule has 112 valence electrons. The largest absolute Gasteiger partial charge is 0.377 e. The van der Waals surface area contributed by atoms with Gasteiger partial charge in [-0.15, -0.1) is 0 Å². The average Bonchev–Trinajstić information content (AvgIpc) is 2.46. The Morgan fingerprint density at radius 2 is 2.40 bits per heavy atom. The van der Waals surface area contributed by atoms with Crippen molar-refractivity contribution in [2.45, 2.75) is 51.3 Å². The summed E-state index contributed by atoms with van der Waals surface area (Å²) in [7, 11) is 0. The van der Waals surface area contributed by atoms with Crippen molar-refractivity contribution >= 4 is 0 Å². The van der Waals surface area contributed by atoms with E-state index in [-0.39, 0.29) is 12.1 Å². The lowest BCUT2D eigenvalue weighted by Crippen LogP contribution is -2.47. The van der Waals surface area contributed by atoms with Crippen molar-refractivity contribution < 1.29 is 4.74 Å². The highest BCUT2D eigenvalue weighted by atomic mass is 16.5. The molecule has 2 heterocycles. The summed E-state index contributed by atoms with van der Waals surface area (Å²) < 4.78 is 5.93. The molecule has 1 aromatic rings. The van der Waals surface area contributed by atoms with E-state index in [1.807, 2.05) is 18.5 Å². The van der Waals surface area contributed by atoms with Crippen molar-refractivity contribution in [1.82, 2.24) is 9.88 Å². The number of rotatable bonds is 6. The van der Waals surface area contributed by atoms with Crippen molar-refractivity contribution in [3.63, 3.8) is 0 Å². The molecule has 0 bridgehead atoms. The zero-order valence-corrected chi connectivity index (χ0v) is 12.7. The SMILES string of the molecule is CCCOC1CCCN(C(c2cccnc2)C(C)N)C1. The van der Waals surface area contributed by atoms with Crippen molar-refractivity contribution in [2.75, 3.05) is 19.7 Å². The van der Waals surface area contributed by atoms with Gasteiger partial charge in [0.1, 0.15) is 0 Å². The Hall–Kier alpha value is -0.970. The second-order valence-electron chi connectivity index (χ2n) is 5.72. The maximum Gasteiger partial charge on any atom is 0.0702 e. The standard InChI is InChI=1S/C16H27N3O/c1-3-10-20-15-7-5-9-19(12-15)16(13(2)17)14-6-4-8-18-11-14/h4,6,8,11,13,15-16H,3,5,7,9-10,12,17H2,1-2H3. The summed E-state index contributed by atoms with van der Waals surface area (Å²) in [6.45, 7) is 7.15. The second-order valence-corrected chi connectivity index (χ2v) is 5.72. The molecule has 4 heteroatoms. The summed E-state index contributed by atoms with van der Waals surface area (Å²) in [5.41, 5.74) is 7.44. The minimum atomic E-state index is 0.0872. The van der Waals surface area contributed by atoms with E-state index in [1.54, 1.807) is 0 Å². The molecule has 1 aliphatic rings. The molecule has 0 saturated carbocycles. The third-order valence-electron chi connectivity index (χ3n) is 3.88. The Morgan fingerprint density at radius 1 is 1.55 bits per heavy atom. The van der Waals surface area contributed by atoms with Crippen LogP contribution in [0.2, 0.25) is 0 Å². The highest BCUT2D eigenvalue weighted by molar-refractivity contribution is 5.16. The molecule has 0 amide bonds. The van der Waals surface area contributed by atoms with Gasteiger partial charge < -0.3 is 10.5 Å². The van der Waals surface area contributed by atoms with Crippen molar-refractivity contribution in [2.24, 2.45) is 5.73 Å². The minimum Gasteiger partial charge on any atom is -0.377 e. The van der Waals surface area contributed by atoms with Crippen LogP contribution in [-0.4, -0.2) is 41.7 Å². The molecule has 0 radical (unpaired) electrons. The van der Waals surface area contributed by atoms with Gasteiger partial charge in [-0.1, -0.05) is 13.0 Å².